The van der Waals surface area contributed by atoms with Crippen LogP contribution < -0.4 is 4.74 Å². The van der Waals surface area contributed by atoms with Crippen molar-refractivity contribution in [1.82, 2.24) is 14.9 Å². The van der Waals surface area contributed by atoms with Crippen molar-refractivity contribution < 1.29 is 23.0 Å². The molecule has 1 fully saturated rings. The zero-order valence-corrected chi connectivity index (χ0v) is 18.2. The second-order valence-electron chi connectivity index (χ2n) is 8.41. The number of esters is 1. The van der Waals surface area contributed by atoms with Crippen LogP contribution in [0, 0.1) is 11.7 Å². The van der Waals surface area contributed by atoms with Crippen LogP contribution >= 0.6 is 0 Å². The highest BCUT2D eigenvalue weighted by Gasteiger charge is 2.25. The van der Waals surface area contributed by atoms with Gasteiger partial charge in [-0.3, -0.25) is 0 Å². The van der Waals surface area contributed by atoms with Gasteiger partial charge in [0.05, 0.1) is 36.7 Å². The van der Waals surface area contributed by atoms with Crippen LogP contribution in [0.3, 0.4) is 0 Å². The average molecular weight is 433 g/mol. The van der Waals surface area contributed by atoms with Crippen molar-refractivity contribution in [3.8, 4) is 17.1 Å². The van der Waals surface area contributed by atoms with Gasteiger partial charge in [0.1, 0.15) is 11.5 Å². The Balaban J connectivity index is 1.52. The Labute approximate surface area is 181 Å². The summed E-state index contributed by atoms with van der Waals surface area (Å²) in [5.74, 6) is -0.0483. The number of likely N-dealkylation sites (tertiary alicyclic amines) is 1. The maximum atomic E-state index is 14.4. The number of hydrogen-bond donors (Lipinski definition) is 0. The fraction of sp³-hybridized carbons (Fsp3) is 0.522. The number of piperidine rings is 1. The molecular weight excluding hydrogens is 404 g/mol. The fourth-order valence-electron chi connectivity index (χ4n) is 3.62. The van der Waals surface area contributed by atoms with E-state index in [-0.39, 0.29) is 23.6 Å². The van der Waals surface area contributed by atoms with E-state index in [2.05, 4.69) is 14.9 Å². The van der Waals surface area contributed by atoms with E-state index in [9.17, 15) is 13.6 Å². The van der Waals surface area contributed by atoms with Crippen molar-refractivity contribution in [3.63, 3.8) is 0 Å². The van der Waals surface area contributed by atoms with Crippen molar-refractivity contribution in [3.05, 3.63) is 42.0 Å². The maximum absolute atomic E-state index is 14.4. The van der Waals surface area contributed by atoms with Crippen LogP contribution in [-0.2, 0) is 4.74 Å². The topological polar surface area (TPSA) is 64.6 Å². The van der Waals surface area contributed by atoms with Gasteiger partial charge >= 0.3 is 5.97 Å². The number of ether oxygens (including phenoxy) is 2. The SMILES string of the molecule is CCOC(=O)c1ccc(-c2ncc(OCC3CCN(CC(C)(C)F)CC3)cn2)c(F)c1. The lowest BCUT2D eigenvalue weighted by Gasteiger charge is -2.34. The first-order valence-corrected chi connectivity index (χ1v) is 10.6. The molecule has 1 aromatic heterocycles. The lowest BCUT2D eigenvalue weighted by Crippen LogP contribution is -2.41. The lowest BCUT2D eigenvalue weighted by molar-refractivity contribution is 0.0525. The molecule has 0 unspecified atom stereocenters. The molecule has 0 amide bonds. The van der Waals surface area contributed by atoms with E-state index in [1.807, 2.05) is 0 Å². The van der Waals surface area contributed by atoms with Crippen LogP contribution in [0.1, 0.15) is 44.0 Å². The maximum Gasteiger partial charge on any atom is 0.338 e. The molecule has 0 atom stereocenters. The summed E-state index contributed by atoms with van der Waals surface area (Å²) in [5, 5.41) is 0. The van der Waals surface area contributed by atoms with E-state index in [1.54, 1.807) is 20.8 Å². The highest BCUT2D eigenvalue weighted by atomic mass is 19.1. The van der Waals surface area contributed by atoms with Crippen LogP contribution in [0.4, 0.5) is 8.78 Å². The van der Waals surface area contributed by atoms with Gasteiger partial charge < -0.3 is 14.4 Å². The number of halogens is 2. The van der Waals surface area contributed by atoms with Crippen LogP contribution in [0.15, 0.2) is 30.6 Å². The summed E-state index contributed by atoms with van der Waals surface area (Å²) in [6.07, 6.45) is 4.93. The summed E-state index contributed by atoms with van der Waals surface area (Å²) < 4.78 is 38.9. The predicted molar refractivity (Wildman–Crippen MR) is 113 cm³/mol. The Morgan fingerprint density at radius 1 is 1.23 bits per heavy atom. The molecule has 31 heavy (non-hydrogen) atoms. The molecule has 1 saturated heterocycles. The second kappa shape index (κ2) is 10.1. The number of aromatic nitrogens is 2. The summed E-state index contributed by atoms with van der Waals surface area (Å²) in [7, 11) is 0. The van der Waals surface area contributed by atoms with E-state index < -0.39 is 17.5 Å². The van der Waals surface area contributed by atoms with Gasteiger partial charge in [-0.25, -0.2) is 23.5 Å². The van der Waals surface area contributed by atoms with Crippen LogP contribution in [0.2, 0.25) is 0 Å². The lowest BCUT2D eigenvalue weighted by atomic mass is 9.97. The summed E-state index contributed by atoms with van der Waals surface area (Å²) in [4.78, 5) is 22.3. The number of carbonyl (C=O) groups is 1. The van der Waals surface area contributed by atoms with Gasteiger partial charge in [0, 0.05) is 6.54 Å². The Kier molecular flexibility index (Phi) is 7.54. The van der Waals surface area contributed by atoms with E-state index in [4.69, 9.17) is 9.47 Å². The summed E-state index contributed by atoms with van der Waals surface area (Å²) in [6.45, 7) is 7.83. The normalized spacial score (nSPS) is 15.6. The molecule has 0 N–H and O–H groups in total. The molecule has 1 aliphatic heterocycles. The number of hydrogen-bond acceptors (Lipinski definition) is 6. The molecule has 0 bridgehead atoms. The third kappa shape index (κ3) is 6.69. The predicted octanol–water partition coefficient (Wildman–Crippen LogP) is 4.30. The highest BCUT2D eigenvalue weighted by Crippen LogP contribution is 2.24. The number of nitrogens with zero attached hydrogens (tertiary/aromatic N) is 3. The number of alkyl halides is 1. The van der Waals surface area contributed by atoms with Gasteiger partial charge in [-0.15, -0.1) is 0 Å². The van der Waals surface area contributed by atoms with Crippen LogP contribution in [0.5, 0.6) is 5.75 Å². The van der Waals surface area contributed by atoms with E-state index >= 15 is 0 Å². The summed E-state index contributed by atoms with van der Waals surface area (Å²) in [6, 6.07) is 4.07. The van der Waals surface area contributed by atoms with Crippen molar-refractivity contribution >= 4 is 5.97 Å². The molecular formula is C23H29F2N3O3. The molecule has 8 heteroatoms. The zero-order chi connectivity index (χ0) is 22.4. The standard InChI is InChI=1S/C23H29F2N3O3/c1-4-30-22(29)17-5-6-19(20(24)11-17)21-26-12-18(13-27-21)31-14-16-7-9-28(10-8-16)15-23(2,3)25/h5-6,11-13,16H,4,7-10,14-15H2,1-3H3. The largest absolute Gasteiger partial charge is 0.490 e. The van der Waals surface area contributed by atoms with Gasteiger partial charge in [0.25, 0.3) is 0 Å². The van der Waals surface area contributed by atoms with Crippen molar-refractivity contribution in [2.45, 2.75) is 39.3 Å². The number of carbonyl (C=O) groups excluding carboxylic acids is 1. The summed E-state index contributed by atoms with van der Waals surface area (Å²) >= 11 is 0. The minimum atomic E-state index is -1.18. The molecule has 0 saturated carbocycles. The molecule has 3 rings (SSSR count). The van der Waals surface area contributed by atoms with E-state index in [0.717, 1.165) is 32.0 Å². The molecule has 0 spiro atoms. The fourth-order valence-corrected chi connectivity index (χ4v) is 3.62. The summed E-state index contributed by atoms with van der Waals surface area (Å²) in [5.41, 5.74) is -0.840. The third-order valence-corrected chi connectivity index (χ3v) is 5.14. The molecule has 168 valence electrons. The van der Waals surface area contributed by atoms with Crippen molar-refractivity contribution in [2.24, 2.45) is 5.92 Å². The average Bonchev–Trinajstić information content (AvgIpc) is 2.73. The van der Waals surface area contributed by atoms with Gasteiger partial charge in [-0.05, 0) is 70.8 Å². The first-order chi connectivity index (χ1) is 14.7. The van der Waals surface area contributed by atoms with Crippen molar-refractivity contribution in [2.75, 3.05) is 32.8 Å². The molecule has 6 nitrogen and oxygen atoms in total. The zero-order valence-electron chi connectivity index (χ0n) is 18.2. The van der Waals surface area contributed by atoms with Gasteiger partial charge in [0.15, 0.2) is 11.6 Å². The highest BCUT2D eigenvalue weighted by molar-refractivity contribution is 5.90. The second-order valence-corrected chi connectivity index (χ2v) is 8.41. The molecule has 0 aliphatic carbocycles. The number of rotatable bonds is 8. The number of benzene rings is 1. The monoisotopic (exact) mass is 433 g/mol. The smallest absolute Gasteiger partial charge is 0.338 e. The quantitative estimate of drug-likeness (QED) is 0.579. The van der Waals surface area contributed by atoms with Gasteiger partial charge in [0.2, 0.25) is 0 Å². The minimum Gasteiger partial charge on any atom is -0.490 e. The third-order valence-electron chi connectivity index (χ3n) is 5.14. The molecule has 2 aromatic rings. The van der Waals surface area contributed by atoms with E-state index in [1.165, 1.54) is 24.5 Å². The first kappa shape index (κ1) is 23.1. The van der Waals surface area contributed by atoms with Crippen LogP contribution in [0.25, 0.3) is 11.4 Å². The van der Waals surface area contributed by atoms with Crippen LogP contribution in [-0.4, -0.2) is 59.4 Å². The van der Waals surface area contributed by atoms with Gasteiger partial charge in [-0.1, -0.05) is 0 Å². The molecule has 1 aromatic carbocycles. The molecule has 2 heterocycles. The van der Waals surface area contributed by atoms with E-state index in [0.29, 0.717) is 24.8 Å². The van der Waals surface area contributed by atoms with Gasteiger partial charge in [-0.2, -0.15) is 0 Å². The minimum absolute atomic E-state index is 0.143. The Bertz CT molecular complexity index is 877. The molecule has 0 radical (unpaired) electrons. The first-order valence-electron chi connectivity index (χ1n) is 10.6. The van der Waals surface area contributed by atoms with Crippen molar-refractivity contribution in [1.29, 1.82) is 0 Å². The Morgan fingerprint density at radius 3 is 2.48 bits per heavy atom. The Hall–Kier alpha value is -2.61. The Morgan fingerprint density at radius 2 is 1.90 bits per heavy atom. The molecule has 1 aliphatic rings.